The third-order valence-corrected chi connectivity index (χ3v) is 7.24. The lowest BCUT2D eigenvalue weighted by molar-refractivity contribution is -0.118. The average Bonchev–Trinajstić information content (AvgIpc) is 3.13. The predicted molar refractivity (Wildman–Crippen MR) is 130 cm³/mol. The van der Waals surface area contributed by atoms with E-state index in [1.54, 1.807) is 18.9 Å². The molecule has 172 valence electrons. The Bertz CT molecular complexity index is 1080. The Kier molecular flexibility index (Phi) is 6.58. The van der Waals surface area contributed by atoms with E-state index in [4.69, 9.17) is 19.6 Å². The van der Waals surface area contributed by atoms with E-state index in [9.17, 15) is 4.79 Å². The first-order valence-electron chi connectivity index (χ1n) is 10.9. The molecule has 0 fully saturated rings. The number of ketones is 1. The monoisotopic (exact) mass is 520 g/mol. The minimum Gasteiger partial charge on any atom is -0.493 e. The van der Waals surface area contributed by atoms with Crippen LogP contribution in [0.4, 0.5) is 5.95 Å². The summed E-state index contributed by atoms with van der Waals surface area (Å²) in [6.07, 6.45) is 2.32. The van der Waals surface area contributed by atoms with E-state index in [0.29, 0.717) is 35.6 Å². The zero-order chi connectivity index (χ0) is 23.0. The van der Waals surface area contributed by atoms with Crippen molar-refractivity contribution in [1.29, 1.82) is 0 Å². The number of ether oxygens (including phenoxy) is 2. The van der Waals surface area contributed by atoms with Crippen molar-refractivity contribution in [1.82, 2.24) is 14.8 Å². The van der Waals surface area contributed by atoms with Crippen molar-refractivity contribution in [2.45, 2.75) is 58.2 Å². The molecule has 2 aromatic rings. The molecule has 0 bridgehead atoms. The smallest absolute Gasteiger partial charge is 0.227 e. The standard InChI is InChI=1S/C23H29BrN4O3S/c1-6-8-32-22-26-21-25-15-11-23(3,4)12-16(29)18(15)19(28(21)27-22)13-9-14(24)20(31-7-2)17(10-13)30-5/h9-10,19H,6-8,11-12H2,1-5H3,(H,25,26,27). The second-order valence-corrected chi connectivity index (χ2v) is 10.8. The highest BCUT2D eigenvalue weighted by molar-refractivity contribution is 9.10. The maximum absolute atomic E-state index is 13.4. The SMILES string of the molecule is CCCSc1nc2n(n1)C(c1cc(Br)c(OCC)c(OC)c1)C1=C(CC(C)(C)CC1=O)N2. The van der Waals surface area contributed by atoms with Crippen molar-refractivity contribution in [3.8, 4) is 11.5 Å². The molecule has 32 heavy (non-hydrogen) atoms. The minimum atomic E-state index is -0.380. The van der Waals surface area contributed by atoms with Gasteiger partial charge >= 0.3 is 0 Å². The van der Waals surface area contributed by atoms with Gasteiger partial charge in [0.1, 0.15) is 6.04 Å². The molecule has 1 atom stereocenters. The van der Waals surface area contributed by atoms with Crippen molar-refractivity contribution >= 4 is 39.4 Å². The van der Waals surface area contributed by atoms with Gasteiger partial charge in [0.2, 0.25) is 11.1 Å². The Morgan fingerprint density at radius 1 is 1.31 bits per heavy atom. The van der Waals surface area contributed by atoms with E-state index in [0.717, 1.165) is 39.9 Å². The van der Waals surface area contributed by atoms with Gasteiger partial charge in [0.05, 0.1) is 18.2 Å². The molecule has 0 saturated heterocycles. The van der Waals surface area contributed by atoms with Gasteiger partial charge in [0, 0.05) is 23.4 Å². The topological polar surface area (TPSA) is 78.3 Å². The predicted octanol–water partition coefficient (Wildman–Crippen LogP) is 5.61. The summed E-state index contributed by atoms with van der Waals surface area (Å²) in [5.74, 6) is 3.01. The van der Waals surface area contributed by atoms with Gasteiger partial charge in [0.15, 0.2) is 17.3 Å². The second kappa shape index (κ2) is 9.09. The van der Waals surface area contributed by atoms with Crippen LogP contribution in [-0.2, 0) is 4.79 Å². The normalized spacial score (nSPS) is 19.3. The molecule has 2 aliphatic rings. The summed E-state index contributed by atoms with van der Waals surface area (Å²) in [6, 6.07) is 3.55. The van der Waals surface area contributed by atoms with Gasteiger partial charge < -0.3 is 14.8 Å². The fourth-order valence-corrected chi connectivity index (χ4v) is 5.59. The van der Waals surface area contributed by atoms with Crippen LogP contribution < -0.4 is 14.8 Å². The van der Waals surface area contributed by atoms with Gasteiger partial charge in [-0.1, -0.05) is 32.5 Å². The number of nitrogens with zero attached hydrogens (tertiary/aromatic N) is 3. The number of nitrogens with one attached hydrogen (secondary N) is 1. The zero-order valence-corrected chi connectivity index (χ0v) is 21.5. The van der Waals surface area contributed by atoms with Crippen molar-refractivity contribution < 1.29 is 14.3 Å². The number of fused-ring (bicyclic) bond motifs is 1. The first-order chi connectivity index (χ1) is 15.3. The fourth-order valence-electron chi connectivity index (χ4n) is 4.33. The first-order valence-corrected chi connectivity index (χ1v) is 12.7. The van der Waals surface area contributed by atoms with Gasteiger partial charge in [-0.3, -0.25) is 4.79 Å². The summed E-state index contributed by atoms with van der Waals surface area (Å²) >= 11 is 5.26. The zero-order valence-electron chi connectivity index (χ0n) is 19.1. The Labute approximate surface area is 201 Å². The number of Topliss-reactive ketones (excluding diaryl/α,β-unsaturated/α-hetero) is 1. The molecule has 0 amide bonds. The Morgan fingerprint density at radius 2 is 2.09 bits per heavy atom. The van der Waals surface area contributed by atoms with E-state index in [1.807, 2.05) is 23.7 Å². The number of anilines is 1. The molecule has 9 heteroatoms. The number of hydrogen-bond donors (Lipinski definition) is 1. The summed E-state index contributed by atoms with van der Waals surface area (Å²) in [5.41, 5.74) is 2.49. The number of rotatable bonds is 7. The number of allylic oxidation sites excluding steroid dienone is 2. The van der Waals surface area contributed by atoms with Gasteiger partial charge in [-0.25, -0.2) is 4.68 Å². The van der Waals surface area contributed by atoms with Crippen LogP contribution in [0.3, 0.4) is 0 Å². The van der Waals surface area contributed by atoms with Crippen LogP contribution in [0.1, 0.15) is 58.6 Å². The van der Waals surface area contributed by atoms with Crippen molar-refractivity contribution in [2.24, 2.45) is 5.41 Å². The van der Waals surface area contributed by atoms with Gasteiger partial charge in [-0.05, 0) is 58.8 Å². The lowest BCUT2D eigenvalue weighted by Gasteiger charge is -2.38. The van der Waals surface area contributed by atoms with E-state index in [-0.39, 0.29) is 17.2 Å². The maximum Gasteiger partial charge on any atom is 0.227 e. The van der Waals surface area contributed by atoms with E-state index >= 15 is 0 Å². The molecule has 1 aromatic heterocycles. The number of aromatic nitrogens is 3. The molecule has 0 spiro atoms. The Morgan fingerprint density at radius 3 is 2.78 bits per heavy atom. The molecule has 1 aliphatic carbocycles. The molecule has 4 rings (SSSR count). The molecule has 7 nitrogen and oxygen atoms in total. The number of benzene rings is 1. The number of carbonyl (C=O) groups excluding carboxylic acids is 1. The van der Waals surface area contributed by atoms with Crippen LogP contribution >= 0.6 is 27.7 Å². The highest BCUT2D eigenvalue weighted by Gasteiger charge is 2.42. The third-order valence-electron chi connectivity index (χ3n) is 5.60. The molecule has 0 radical (unpaired) electrons. The molecule has 1 aromatic carbocycles. The summed E-state index contributed by atoms with van der Waals surface area (Å²) < 4.78 is 14.0. The maximum atomic E-state index is 13.4. The lowest BCUT2D eigenvalue weighted by Crippen LogP contribution is -2.36. The Balaban J connectivity index is 1.88. The number of methoxy groups -OCH3 is 1. The van der Waals surface area contributed by atoms with Gasteiger partial charge in [0.25, 0.3) is 0 Å². The summed E-state index contributed by atoms with van der Waals surface area (Å²) in [4.78, 5) is 18.1. The van der Waals surface area contributed by atoms with E-state index in [2.05, 4.69) is 42.0 Å². The second-order valence-electron chi connectivity index (χ2n) is 8.84. The molecule has 1 N–H and O–H groups in total. The van der Waals surface area contributed by atoms with Crippen LogP contribution in [-0.4, -0.2) is 40.0 Å². The highest BCUT2D eigenvalue weighted by Crippen LogP contribution is 2.48. The molecular weight excluding hydrogens is 492 g/mol. The first kappa shape index (κ1) is 23.2. The largest absolute Gasteiger partial charge is 0.493 e. The van der Waals surface area contributed by atoms with Crippen LogP contribution in [0, 0.1) is 5.41 Å². The molecule has 0 saturated carbocycles. The summed E-state index contributed by atoms with van der Waals surface area (Å²) in [7, 11) is 1.62. The summed E-state index contributed by atoms with van der Waals surface area (Å²) in [6.45, 7) is 8.85. The van der Waals surface area contributed by atoms with E-state index in [1.165, 1.54) is 0 Å². The van der Waals surface area contributed by atoms with Crippen molar-refractivity contribution in [3.63, 3.8) is 0 Å². The van der Waals surface area contributed by atoms with Gasteiger partial charge in [-0.15, -0.1) is 5.10 Å². The van der Waals surface area contributed by atoms with Crippen LogP contribution in [0.15, 0.2) is 33.0 Å². The van der Waals surface area contributed by atoms with Crippen molar-refractivity contribution in [2.75, 3.05) is 24.8 Å². The lowest BCUT2D eigenvalue weighted by atomic mass is 9.73. The Hall–Kier alpha value is -2.00. The quantitative estimate of drug-likeness (QED) is 0.475. The number of carbonyl (C=O) groups is 1. The third kappa shape index (κ3) is 4.29. The highest BCUT2D eigenvalue weighted by atomic mass is 79.9. The van der Waals surface area contributed by atoms with E-state index < -0.39 is 0 Å². The number of thioether (sulfide) groups is 1. The molecule has 1 unspecified atom stereocenters. The fraction of sp³-hybridized carbons (Fsp3) is 0.522. The summed E-state index contributed by atoms with van der Waals surface area (Å²) in [5, 5.41) is 8.92. The minimum absolute atomic E-state index is 0.105. The molecular formula is C23H29BrN4O3S. The van der Waals surface area contributed by atoms with Crippen LogP contribution in [0.25, 0.3) is 0 Å². The number of halogens is 1. The number of hydrogen-bond acceptors (Lipinski definition) is 7. The van der Waals surface area contributed by atoms with Gasteiger partial charge in [-0.2, -0.15) is 4.98 Å². The average molecular weight is 521 g/mol. The van der Waals surface area contributed by atoms with Crippen molar-refractivity contribution in [3.05, 3.63) is 33.4 Å². The molecule has 1 aliphatic heterocycles. The van der Waals surface area contributed by atoms with Crippen LogP contribution in [0.2, 0.25) is 0 Å². The molecule has 2 heterocycles. The van der Waals surface area contributed by atoms with Crippen LogP contribution in [0.5, 0.6) is 11.5 Å².